The van der Waals surface area contributed by atoms with E-state index in [0.717, 1.165) is 41.7 Å². The van der Waals surface area contributed by atoms with Gasteiger partial charge in [-0.2, -0.15) is 11.8 Å². The van der Waals surface area contributed by atoms with Gasteiger partial charge in [-0.15, -0.1) is 0 Å². The minimum atomic E-state index is 0.0530. The predicted molar refractivity (Wildman–Crippen MR) is 78.1 cm³/mol. The Morgan fingerprint density at radius 2 is 2.05 bits per heavy atom. The second-order valence-corrected chi connectivity index (χ2v) is 8.00. The Morgan fingerprint density at radius 1 is 1.16 bits per heavy atom. The van der Waals surface area contributed by atoms with Gasteiger partial charge in [0.25, 0.3) is 0 Å². The van der Waals surface area contributed by atoms with Crippen LogP contribution < -0.4 is 10.6 Å². The molecule has 0 radical (unpaired) electrons. The SMILES string of the molecule is O=C(NC1CC2CC1C1CCCC21)C1CSCCN1. The molecule has 3 nitrogen and oxygen atoms in total. The van der Waals surface area contributed by atoms with E-state index < -0.39 is 0 Å². The molecule has 2 bridgehead atoms. The molecular formula is C15H24N2OS. The second kappa shape index (κ2) is 4.96. The molecule has 106 valence electrons. The number of thioether (sulfide) groups is 1. The predicted octanol–water partition coefficient (Wildman–Crippen LogP) is 1.63. The van der Waals surface area contributed by atoms with E-state index in [9.17, 15) is 4.79 Å². The number of nitrogens with one attached hydrogen (secondary N) is 2. The van der Waals surface area contributed by atoms with Gasteiger partial charge in [0.2, 0.25) is 5.91 Å². The van der Waals surface area contributed by atoms with Gasteiger partial charge < -0.3 is 10.6 Å². The van der Waals surface area contributed by atoms with E-state index in [1.165, 1.54) is 32.1 Å². The first-order valence-corrected chi connectivity index (χ1v) is 9.10. The Balaban J connectivity index is 1.37. The molecule has 0 aromatic heterocycles. The maximum absolute atomic E-state index is 12.3. The van der Waals surface area contributed by atoms with Crippen molar-refractivity contribution in [2.75, 3.05) is 18.1 Å². The third-order valence-corrected chi connectivity index (χ3v) is 7.06. The van der Waals surface area contributed by atoms with Crippen molar-refractivity contribution in [2.45, 2.75) is 44.2 Å². The van der Waals surface area contributed by atoms with Crippen molar-refractivity contribution in [3.05, 3.63) is 0 Å². The van der Waals surface area contributed by atoms with Gasteiger partial charge in [-0.1, -0.05) is 6.42 Å². The average molecular weight is 280 g/mol. The molecule has 19 heavy (non-hydrogen) atoms. The van der Waals surface area contributed by atoms with Crippen LogP contribution in [-0.4, -0.2) is 36.0 Å². The van der Waals surface area contributed by atoms with E-state index in [-0.39, 0.29) is 11.9 Å². The van der Waals surface area contributed by atoms with Crippen LogP contribution in [0.2, 0.25) is 0 Å². The molecule has 4 rings (SSSR count). The van der Waals surface area contributed by atoms with E-state index in [1.807, 2.05) is 11.8 Å². The van der Waals surface area contributed by atoms with E-state index in [2.05, 4.69) is 10.6 Å². The van der Waals surface area contributed by atoms with Crippen LogP contribution in [0.5, 0.6) is 0 Å². The molecule has 4 aliphatic rings. The summed E-state index contributed by atoms with van der Waals surface area (Å²) in [6.45, 7) is 0.976. The van der Waals surface area contributed by atoms with Gasteiger partial charge in [0.1, 0.15) is 0 Å². The number of rotatable bonds is 2. The van der Waals surface area contributed by atoms with Gasteiger partial charge in [0, 0.05) is 24.1 Å². The maximum Gasteiger partial charge on any atom is 0.238 e. The molecule has 6 unspecified atom stereocenters. The first kappa shape index (κ1) is 12.5. The second-order valence-electron chi connectivity index (χ2n) is 6.85. The monoisotopic (exact) mass is 280 g/mol. The first-order valence-electron chi connectivity index (χ1n) is 7.94. The van der Waals surface area contributed by atoms with Gasteiger partial charge in [0.05, 0.1) is 6.04 Å². The largest absolute Gasteiger partial charge is 0.352 e. The first-order chi connectivity index (χ1) is 9.33. The summed E-state index contributed by atoms with van der Waals surface area (Å²) in [5.41, 5.74) is 0. The van der Waals surface area contributed by atoms with Crippen LogP contribution in [0, 0.1) is 23.7 Å². The Labute approximate surface area is 119 Å². The zero-order valence-electron chi connectivity index (χ0n) is 11.4. The van der Waals surface area contributed by atoms with E-state index in [1.54, 1.807) is 0 Å². The molecule has 4 heteroatoms. The summed E-state index contributed by atoms with van der Waals surface area (Å²) in [5, 5.41) is 6.73. The molecule has 0 aromatic carbocycles. The van der Waals surface area contributed by atoms with Crippen molar-refractivity contribution in [1.29, 1.82) is 0 Å². The summed E-state index contributed by atoms with van der Waals surface area (Å²) in [6, 6.07) is 0.544. The van der Waals surface area contributed by atoms with Crippen molar-refractivity contribution in [2.24, 2.45) is 23.7 Å². The molecular weight excluding hydrogens is 256 g/mol. The minimum absolute atomic E-state index is 0.0530. The average Bonchev–Trinajstić information content (AvgIpc) is 3.11. The molecule has 4 fully saturated rings. The van der Waals surface area contributed by atoms with Crippen molar-refractivity contribution >= 4 is 17.7 Å². The van der Waals surface area contributed by atoms with Crippen LogP contribution in [0.3, 0.4) is 0 Å². The smallest absolute Gasteiger partial charge is 0.238 e. The van der Waals surface area contributed by atoms with Crippen LogP contribution in [-0.2, 0) is 4.79 Å². The highest BCUT2D eigenvalue weighted by molar-refractivity contribution is 7.99. The van der Waals surface area contributed by atoms with Crippen LogP contribution in [0.25, 0.3) is 0 Å². The maximum atomic E-state index is 12.3. The fraction of sp³-hybridized carbons (Fsp3) is 0.933. The highest BCUT2D eigenvalue weighted by Crippen LogP contribution is 2.58. The molecule has 1 amide bonds. The Hall–Kier alpha value is -0.220. The molecule has 0 spiro atoms. The molecule has 3 saturated carbocycles. The zero-order valence-corrected chi connectivity index (χ0v) is 12.3. The Bertz CT molecular complexity index is 369. The summed E-state index contributed by atoms with van der Waals surface area (Å²) >= 11 is 1.90. The lowest BCUT2D eigenvalue weighted by Gasteiger charge is -2.33. The summed E-state index contributed by atoms with van der Waals surface area (Å²) in [5.74, 6) is 6.04. The number of carbonyl (C=O) groups excluding carboxylic acids is 1. The van der Waals surface area contributed by atoms with Crippen LogP contribution in [0.15, 0.2) is 0 Å². The topological polar surface area (TPSA) is 41.1 Å². The molecule has 2 N–H and O–H groups in total. The number of carbonyl (C=O) groups is 1. The van der Waals surface area contributed by atoms with Crippen LogP contribution in [0.1, 0.15) is 32.1 Å². The fourth-order valence-electron chi connectivity index (χ4n) is 5.25. The lowest BCUT2D eigenvalue weighted by atomic mass is 9.79. The lowest BCUT2D eigenvalue weighted by molar-refractivity contribution is -0.123. The quantitative estimate of drug-likeness (QED) is 0.808. The highest BCUT2D eigenvalue weighted by atomic mass is 32.2. The van der Waals surface area contributed by atoms with Gasteiger partial charge >= 0.3 is 0 Å². The third-order valence-electron chi connectivity index (χ3n) is 5.99. The van der Waals surface area contributed by atoms with Crippen molar-refractivity contribution < 1.29 is 4.79 Å². The Morgan fingerprint density at radius 3 is 2.89 bits per heavy atom. The van der Waals surface area contributed by atoms with Gasteiger partial charge in [0.15, 0.2) is 0 Å². The zero-order chi connectivity index (χ0) is 12.8. The molecule has 6 atom stereocenters. The third kappa shape index (κ3) is 2.11. The Kier molecular flexibility index (Phi) is 3.27. The van der Waals surface area contributed by atoms with Gasteiger partial charge in [-0.25, -0.2) is 0 Å². The number of fused-ring (bicyclic) bond motifs is 5. The fourth-order valence-corrected chi connectivity index (χ4v) is 6.18. The van der Waals surface area contributed by atoms with E-state index in [4.69, 9.17) is 0 Å². The summed E-state index contributed by atoms with van der Waals surface area (Å²) < 4.78 is 0. The summed E-state index contributed by atoms with van der Waals surface area (Å²) in [7, 11) is 0. The highest BCUT2D eigenvalue weighted by Gasteiger charge is 2.54. The molecule has 1 saturated heterocycles. The molecule has 3 aliphatic carbocycles. The molecule has 1 heterocycles. The van der Waals surface area contributed by atoms with Crippen LogP contribution in [0.4, 0.5) is 0 Å². The lowest BCUT2D eigenvalue weighted by Crippen LogP contribution is -2.53. The van der Waals surface area contributed by atoms with E-state index >= 15 is 0 Å². The molecule has 1 aliphatic heterocycles. The normalized spacial score (nSPS) is 48.2. The summed E-state index contributed by atoms with van der Waals surface area (Å²) in [4.78, 5) is 12.3. The number of hydrogen-bond acceptors (Lipinski definition) is 3. The van der Waals surface area contributed by atoms with Crippen molar-refractivity contribution in [1.82, 2.24) is 10.6 Å². The van der Waals surface area contributed by atoms with Crippen LogP contribution >= 0.6 is 11.8 Å². The standard InChI is InChI=1S/C15H24N2OS/c18-15(14-8-19-5-4-16-14)17-13-7-9-6-12(13)11-3-1-2-10(9)11/h9-14,16H,1-8H2,(H,17,18). The number of hydrogen-bond donors (Lipinski definition) is 2. The van der Waals surface area contributed by atoms with Gasteiger partial charge in [-0.3, -0.25) is 4.79 Å². The molecule has 0 aromatic rings. The minimum Gasteiger partial charge on any atom is -0.352 e. The van der Waals surface area contributed by atoms with Crippen molar-refractivity contribution in [3.63, 3.8) is 0 Å². The van der Waals surface area contributed by atoms with Crippen molar-refractivity contribution in [3.8, 4) is 0 Å². The summed E-state index contributed by atoms with van der Waals surface area (Å²) in [6.07, 6.45) is 6.98. The number of amides is 1. The van der Waals surface area contributed by atoms with E-state index in [0.29, 0.717) is 6.04 Å². The van der Waals surface area contributed by atoms with Gasteiger partial charge in [-0.05, 0) is 49.4 Å².